The van der Waals surface area contributed by atoms with Crippen molar-refractivity contribution in [2.24, 2.45) is 0 Å². The van der Waals surface area contributed by atoms with Gasteiger partial charge in [0.15, 0.2) is 11.5 Å². The number of nitriles is 1. The second-order valence-electron chi connectivity index (χ2n) is 5.24. The fourth-order valence-electron chi connectivity index (χ4n) is 2.33. The monoisotopic (exact) mass is 361 g/mol. The average molecular weight is 361 g/mol. The lowest BCUT2D eigenvalue weighted by Gasteiger charge is -2.22. The van der Waals surface area contributed by atoms with Crippen molar-refractivity contribution in [1.29, 1.82) is 5.26 Å². The van der Waals surface area contributed by atoms with Gasteiger partial charge in [-0.05, 0) is 29.8 Å². The molecular weight excluding hydrogens is 344 g/mol. The van der Waals surface area contributed by atoms with Gasteiger partial charge >= 0.3 is 6.61 Å². The molecule has 0 saturated heterocycles. The highest BCUT2D eigenvalue weighted by Gasteiger charge is 2.19. The Morgan fingerprint density at radius 1 is 1.35 bits per heavy atom. The lowest BCUT2D eigenvalue weighted by atomic mass is 10.1. The Morgan fingerprint density at radius 3 is 2.77 bits per heavy atom. The van der Waals surface area contributed by atoms with Crippen LogP contribution in [-0.4, -0.2) is 36.1 Å². The number of hydrogen-bond donors (Lipinski definition) is 0. The first kappa shape index (κ1) is 19.1. The van der Waals surface area contributed by atoms with Crippen molar-refractivity contribution in [1.82, 2.24) is 9.88 Å². The molecule has 0 bridgehead atoms. The van der Waals surface area contributed by atoms with Gasteiger partial charge in [-0.3, -0.25) is 9.78 Å². The van der Waals surface area contributed by atoms with E-state index in [-0.39, 0.29) is 42.5 Å². The summed E-state index contributed by atoms with van der Waals surface area (Å²) >= 11 is 0. The zero-order chi connectivity index (χ0) is 18.9. The first-order chi connectivity index (χ1) is 12.5. The van der Waals surface area contributed by atoms with Crippen LogP contribution in [0.25, 0.3) is 0 Å². The molecule has 0 fully saturated rings. The van der Waals surface area contributed by atoms with E-state index in [2.05, 4.69) is 9.72 Å². The van der Waals surface area contributed by atoms with E-state index < -0.39 is 6.61 Å². The smallest absolute Gasteiger partial charge is 0.387 e. The van der Waals surface area contributed by atoms with Gasteiger partial charge in [0.1, 0.15) is 0 Å². The third-order valence-corrected chi connectivity index (χ3v) is 3.50. The third-order valence-electron chi connectivity index (χ3n) is 3.50. The van der Waals surface area contributed by atoms with E-state index in [0.717, 1.165) is 5.56 Å². The SMILES string of the molecule is COc1cc(C(=O)N(CCC#N)Cc2cccnc2)ccc1OC(F)F. The van der Waals surface area contributed by atoms with Crippen molar-refractivity contribution in [3.8, 4) is 17.6 Å². The van der Waals surface area contributed by atoms with Crippen molar-refractivity contribution in [3.05, 3.63) is 53.9 Å². The highest BCUT2D eigenvalue weighted by Crippen LogP contribution is 2.30. The van der Waals surface area contributed by atoms with Crippen LogP contribution >= 0.6 is 0 Å². The molecule has 0 radical (unpaired) electrons. The highest BCUT2D eigenvalue weighted by molar-refractivity contribution is 5.95. The third kappa shape index (κ3) is 5.14. The van der Waals surface area contributed by atoms with Crippen LogP contribution in [0.15, 0.2) is 42.7 Å². The van der Waals surface area contributed by atoms with Gasteiger partial charge in [0, 0.05) is 31.0 Å². The molecule has 1 heterocycles. The van der Waals surface area contributed by atoms with Gasteiger partial charge in [0.25, 0.3) is 5.91 Å². The number of methoxy groups -OCH3 is 1. The van der Waals surface area contributed by atoms with Crippen LogP contribution in [0.4, 0.5) is 8.78 Å². The Bertz CT molecular complexity index is 779. The van der Waals surface area contributed by atoms with Crippen LogP contribution in [0.1, 0.15) is 22.3 Å². The van der Waals surface area contributed by atoms with Crippen LogP contribution in [0.2, 0.25) is 0 Å². The molecule has 1 aromatic heterocycles. The first-order valence-corrected chi connectivity index (χ1v) is 7.73. The van der Waals surface area contributed by atoms with Crippen LogP contribution < -0.4 is 9.47 Å². The number of carbonyl (C=O) groups is 1. The Hall–Kier alpha value is -3.21. The summed E-state index contributed by atoms with van der Waals surface area (Å²) in [5.74, 6) is -0.487. The molecular formula is C18H17F2N3O3. The van der Waals surface area contributed by atoms with Gasteiger partial charge in [-0.25, -0.2) is 0 Å². The molecule has 2 aromatic rings. The molecule has 6 nitrogen and oxygen atoms in total. The van der Waals surface area contributed by atoms with Crippen molar-refractivity contribution in [2.75, 3.05) is 13.7 Å². The number of hydrogen-bond acceptors (Lipinski definition) is 5. The number of amides is 1. The summed E-state index contributed by atoms with van der Waals surface area (Å²) in [6.45, 7) is -2.50. The Balaban J connectivity index is 2.25. The molecule has 8 heteroatoms. The molecule has 136 valence electrons. The summed E-state index contributed by atoms with van der Waals surface area (Å²) in [6, 6.07) is 9.55. The van der Waals surface area contributed by atoms with Crippen molar-refractivity contribution < 1.29 is 23.0 Å². The summed E-state index contributed by atoms with van der Waals surface area (Å²) in [5, 5.41) is 8.83. The normalized spacial score (nSPS) is 10.3. The van der Waals surface area contributed by atoms with Crippen molar-refractivity contribution in [3.63, 3.8) is 0 Å². The molecule has 1 aromatic carbocycles. The molecule has 0 atom stereocenters. The van der Waals surface area contributed by atoms with Gasteiger partial charge in [-0.1, -0.05) is 6.07 Å². The van der Waals surface area contributed by atoms with Gasteiger partial charge in [0.2, 0.25) is 0 Å². The van der Waals surface area contributed by atoms with E-state index in [4.69, 9.17) is 10.00 Å². The maximum atomic E-state index is 12.8. The molecule has 0 aliphatic carbocycles. The summed E-state index contributed by atoms with van der Waals surface area (Å²) in [5.41, 5.74) is 1.05. The Morgan fingerprint density at radius 2 is 2.15 bits per heavy atom. The number of nitrogens with zero attached hydrogens (tertiary/aromatic N) is 3. The molecule has 0 aliphatic heterocycles. The second-order valence-corrected chi connectivity index (χ2v) is 5.24. The van der Waals surface area contributed by atoms with Crippen molar-refractivity contribution in [2.45, 2.75) is 19.6 Å². The van der Waals surface area contributed by atoms with E-state index in [9.17, 15) is 13.6 Å². The molecule has 0 unspecified atom stereocenters. The minimum Gasteiger partial charge on any atom is -0.493 e. The van der Waals surface area contributed by atoms with E-state index in [0.29, 0.717) is 0 Å². The number of aromatic nitrogens is 1. The van der Waals surface area contributed by atoms with Crippen LogP contribution in [0.5, 0.6) is 11.5 Å². The maximum absolute atomic E-state index is 12.8. The van der Waals surface area contributed by atoms with Crippen LogP contribution in [0, 0.1) is 11.3 Å². The van der Waals surface area contributed by atoms with Gasteiger partial charge < -0.3 is 14.4 Å². The summed E-state index contributed by atoms with van der Waals surface area (Å²) < 4.78 is 34.2. The molecule has 1 amide bonds. The van der Waals surface area contributed by atoms with E-state index in [1.165, 1.54) is 30.2 Å². The van der Waals surface area contributed by atoms with Crippen LogP contribution in [0.3, 0.4) is 0 Å². The molecule has 2 rings (SSSR count). The molecule has 0 saturated carbocycles. The first-order valence-electron chi connectivity index (χ1n) is 7.73. The summed E-state index contributed by atoms with van der Waals surface area (Å²) in [7, 11) is 1.30. The number of rotatable bonds is 8. The minimum absolute atomic E-state index is 0.0257. The number of alkyl halides is 2. The van der Waals surface area contributed by atoms with E-state index >= 15 is 0 Å². The Labute approximate surface area is 149 Å². The van der Waals surface area contributed by atoms with Gasteiger partial charge in [-0.2, -0.15) is 14.0 Å². The van der Waals surface area contributed by atoms with Crippen LogP contribution in [-0.2, 0) is 6.54 Å². The standard InChI is InChI=1S/C18H17F2N3O3/c1-25-16-10-14(5-6-15(16)26-18(19)20)17(24)23(9-3-7-21)12-13-4-2-8-22-11-13/h2,4-6,8,10-11,18H,3,9,12H2,1H3. The predicted molar refractivity (Wildman–Crippen MR) is 88.8 cm³/mol. The van der Waals surface area contributed by atoms with Crippen molar-refractivity contribution >= 4 is 5.91 Å². The topological polar surface area (TPSA) is 75.5 Å². The van der Waals surface area contributed by atoms with Gasteiger partial charge in [0.05, 0.1) is 19.6 Å². The number of benzene rings is 1. The minimum atomic E-state index is -3.00. The van der Waals surface area contributed by atoms with E-state index in [1.807, 2.05) is 12.1 Å². The van der Waals surface area contributed by atoms with E-state index in [1.54, 1.807) is 18.5 Å². The predicted octanol–water partition coefficient (Wildman–Crippen LogP) is 3.25. The number of halogens is 2. The second kappa shape index (κ2) is 9.32. The number of carbonyl (C=O) groups excluding carboxylic acids is 1. The molecule has 0 aliphatic rings. The molecule has 26 heavy (non-hydrogen) atoms. The lowest BCUT2D eigenvalue weighted by Crippen LogP contribution is -2.31. The maximum Gasteiger partial charge on any atom is 0.387 e. The Kier molecular flexibility index (Phi) is 6.85. The zero-order valence-corrected chi connectivity index (χ0v) is 14.1. The quantitative estimate of drug-likeness (QED) is 0.721. The number of ether oxygens (including phenoxy) is 2. The summed E-state index contributed by atoms with van der Waals surface area (Å²) in [4.78, 5) is 18.3. The molecule has 0 spiro atoms. The molecule has 0 N–H and O–H groups in total. The zero-order valence-electron chi connectivity index (χ0n) is 14.1. The van der Waals surface area contributed by atoms with Gasteiger partial charge in [-0.15, -0.1) is 0 Å². The highest BCUT2D eigenvalue weighted by atomic mass is 19.3. The lowest BCUT2D eigenvalue weighted by molar-refractivity contribution is -0.0512. The fraction of sp³-hybridized carbons (Fsp3) is 0.278. The summed E-state index contributed by atoms with van der Waals surface area (Å²) in [6.07, 6.45) is 3.42. The fourth-order valence-corrected chi connectivity index (χ4v) is 2.33. The largest absolute Gasteiger partial charge is 0.493 e. The average Bonchev–Trinajstić information content (AvgIpc) is 2.65. The number of pyridine rings is 1.